The summed E-state index contributed by atoms with van der Waals surface area (Å²) in [6.07, 6.45) is 0.0720. The summed E-state index contributed by atoms with van der Waals surface area (Å²) in [7, 11) is 1.65. The largest absolute Gasteiger partial charge is 0.496 e. The number of thiophene rings is 1. The van der Waals surface area contributed by atoms with E-state index in [0.29, 0.717) is 6.42 Å². The molecule has 1 heterocycles. The van der Waals surface area contributed by atoms with Crippen LogP contribution in [0.25, 0.3) is 0 Å². The van der Waals surface area contributed by atoms with Crippen molar-refractivity contribution in [3.63, 3.8) is 0 Å². The van der Waals surface area contributed by atoms with Crippen LogP contribution in [0.2, 0.25) is 0 Å². The van der Waals surface area contributed by atoms with Crippen molar-refractivity contribution >= 4 is 27.3 Å². The van der Waals surface area contributed by atoms with Crippen LogP contribution in [0, 0.1) is 13.8 Å². The zero-order valence-corrected chi connectivity index (χ0v) is 13.6. The summed E-state index contributed by atoms with van der Waals surface area (Å²) in [5, 5.41) is 10.4. The first kappa shape index (κ1) is 14.6. The zero-order valence-electron chi connectivity index (χ0n) is 11.2. The van der Waals surface area contributed by atoms with E-state index >= 15 is 0 Å². The molecule has 0 aliphatic heterocycles. The Kier molecular flexibility index (Phi) is 4.66. The van der Waals surface area contributed by atoms with Crippen molar-refractivity contribution < 1.29 is 9.84 Å². The first-order chi connectivity index (χ1) is 9.01. The summed E-state index contributed by atoms with van der Waals surface area (Å²) in [5.41, 5.74) is 2.24. The van der Waals surface area contributed by atoms with Gasteiger partial charge in [0.25, 0.3) is 0 Å². The Bertz CT molecular complexity index is 558. The highest BCUT2D eigenvalue weighted by Crippen LogP contribution is 2.32. The highest BCUT2D eigenvalue weighted by Gasteiger charge is 2.15. The molecule has 0 fully saturated rings. The van der Waals surface area contributed by atoms with Gasteiger partial charge in [0.1, 0.15) is 5.75 Å². The van der Waals surface area contributed by atoms with E-state index in [1.807, 2.05) is 18.2 Å². The van der Waals surface area contributed by atoms with Crippen LogP contribution in [0.4, 0.5) is 0 Å². The Morgan fingerprint density at radius 2 is 2.05 bits per heavy atom. The van der Waals surface area contributed by atoms with Crippen molar-refractivity contribution in [2.45, 2.75) is 26.4 Å². The van der Waals surface area contributed by atoms with Crippen LogP contribution in [0.1, 0.15) is 27.0 Å². The van der Waals surface area contributed by atoms with Gasteiger partial charge in [-0.05, 0) is 49.2 Å². The standard InChI is InChI=1S/C15H17BrO2S/c1-9-6-15(19-10(9)2)13(17)8-11-7-12(16)4-5-14(11)18-3/h4-7,13,17H,8H2,1-3H3. The van der Waals surface area contributed by atoms with Crippen molar-refractivity contribution in [3.8, 4) is 5.75 Å². The molecule has 4 heteroatoms. The number of rotatable bonds is 4. The van der Waals surface area contributed by atoms with E-state index in [1.54, 1.807) is 18.4 Å². The summed E-state index contributed by atoms with van der Waals surface area (Å²) in [5.74, 6) is 0.812. The van der Waals surface area contributed by atoms with Gasteiger partial charge in [-0.15, -0.1) is 11.3 Å². The van der Waals surface area contributed by atoms with Crippen molar-refractivity contribution in [2.75, 3.05) is 7.11 Å². The van der Waals surface area contributed by atoms with E-state index in [4.69, 9.17) is 4.74 Å². The SMILES string of the molecule is COc1ccc(Br)cc1CC(O)c1cc(C)c(C)s1. The van der Waals surface area contributed by atoms with Gasteiger partial charge >= 0.3 is 0 Å². The fourth-order valence-electron chi connectivity index (χ4n) is 1.98. The van der Waals surface area contributed by atoms with Gasteiger partial charge < -0.3 is 9.84 Å². The van der Waals surface area contributed by atoms with Gasteiger partial charge in [-0.1, -0.05) is 15.9 Å². The molecule has 1 atom stereocenters. The van der Waals surface area contributed by atoms with Crippen molar-refractivity contribution in [1.29, 1.82) is 0 Å². The van der Waals surface area contributed by atoms with Gasteiger partial charge in [-0.3, -0.25) is 0 Å². The maximum absolute atomic E-state index is 10.4. The van der Waals surface area contributed by atoms with E-state index in [0.717, 1.165) is 20.7 Å². The Balaban J connectivity index is 2.23. The molecule has 1 aromatic heterocycles. The molecule has 0 aliphatic rings. The molecule has 2 aromatic rings. The third kappa shape index (κ3) is 3.38. The summed E-state index contributed by atoms with van der Waals surface area (Å²) in [4.78, 5) is 2.27. The number of halogens is 1. The Hall–Kier alpha value is -0.840. The molecule has 1 unspecified atom stereocenters. The lowest BCUT2D eigenvalue weighted by molar-refractivity contribution is 0.181. The minimum atomic E-state index is -0.486. The number of methoxy groups -OCH3 is 1. The van der Waals surface area contributed by atoms with Gasteiger partial charge in [0, 0.05) is 20.6 Å². The molecule has 0 saturated carbocycles. The second kappa shape index (κ2) is 6.07. The summed E-state index contributed by atoms with van der Waals surface area (Å²) < 4.78 is 6.33. The maximum atomic E-state index is 10.4. The molecule has 102 valence electrons. The molecule has 2 nitrogen and oxygen atoms in total. The molecule has 1 N–H and O–H groups in total. The number of aliphatic hydroxyl groups excluding tert-OH is 1. The van der Waals surface area contributed by atoms with Gasteiger partial charge in [0.05, 0.1) is 13.2 Å². The van der Waals surface area contributed by atoms with Crippen molar-refractivity contribution in [1.82, 2.24) is 0 Å². The molecular formula is C15H17BrO2S. The highest BCUT2D eigenvalue weighted by molar-refractivity contribution is 9.10. The lowest BCUT2D eigenvalue weighted by Gasteiger charge is -2.12. The first-order valence-corrected chi connectivity index (χ1v) is 7.69. The highest BCUT2D eigenvalue weighted by atomic mass is 79.9. The molecule has 19 heavy (non-hydrogen) atoms. The molecular weight excluding hydrogens is 324 g/mol. The molecule has 0 saturated heterocycles. The second-order valence-electron chi connectivity index (χ2n) is 4.56. The molecule has 2 rings (SSSR count). The first-order valence-electron chi connectivity index (χ1n) is 6.08. The molecule has 0 aliphatic carbocycles. The lowest BCUT2D eigenvalue weighted by atomic mass is 10.1. The molecule has 0 radical (unpaired) electrons. The number of benzene rings is 1. The topological polar surface area (TPSA) is 29.5 Å². The quantitative estimate of drug-likeness (QED) is 0.892. The van der Waals surface area contributed by atoms with Crippen LogP contribution in [0.3, 0.4) is 0 Å². The van der Waals surface area contributed by atoms with E-state index in [2.05, 4.69) is 35.8 Å². The summed E-state index contributed by atoms with van der Waals surface area (Å²) in [6.45, 7) is 4.15. The van der Waals surface area contributed by atoms with Gasteiger partial charge in [0.2, 0.25) is 0 Å². The normalized spacial score (nSPS) is 12.5. The Labute approximate surface area is 126 Å². The minimum absolute atomic E-state index is 0.486. The smallest absolute Gasteiger partial charge is 0.122 e. The zero-order chi connectivity index (χ0) is 14.0. The molecule has 0 bridgehead atoms. The Morgan fingerprint density at radius 3 is 2.63 bits per heavy atom. The van der Waals surface area contributed by atoms with Crippen molar-refractivity contribution in [2.24, 2.45) is 0 Å². The average molecular weight is 341 g/mol. The maximum Gasteiger partial charge on any atom is 0.122 e. The number of hydrogen-bond acceptors (Lipinski definition) is 3. The van der Waals surface area contributed by atoms with Crippen molar-refractivity contribution in [3.05, 3.63) is 49.6 Å². The van der Waals surface area contributed by atoms with E-state index in [1.165, 1.54) is 10.4 Å². The fraction of sp³-hybridized carbons (Fsp3) is 0.333. The fourth-order valence-corrected chi connectivity index (χ4v) is 3.42. The van der Waals surface area contributed by atoms with Crippen LogP contribution in [-0.4, -0.2) is 12.2 Å². The van der Waals surface area contributed by atoms with Gasteiger partial charge in [0.15, 0.2) is 0 Å². The van der Waals surface area contributed by atoms with Crippen LogP contribution >= 0.6 is 27.3 Å². The van der Waals surface area contributed by atoms with Crippen LogP contribution in [-0.2, 0) is 6.42 Å². The number of aryl methyl sites for hydroxylation is 2. The van der Waals surface area contributed by atoms with E-state index in [-0.39, 0.29) is 0 Å². The predicted molar refractivity (Wildman–Crippen MR) is 83.2 cm³/mol. The molecule has 0 amide bonds. The van der Waals surface area contributed by atoms with Crippen LogP contribution in [0.5, 0.6) is 5.75 Å². The second-order valence-corrected chi connectivity index (χ2v) is 6.77. The summed E-state index contributed by atoms with van der Waals surface area (Å²) >= 11 is 5.11. The minimum Gasteiger partial charge on any atom is -0.496 e. The van der Waals surface area contributed by atoms with Gasteiger partial charge in [-0.2, -0.15) is 0 Å². The van der Waals surface area contributed by atoms with Crippen LogP contribution < -0.4 is 4.74 Å². The van der Waals surface area contributed by atoms with E-state index < -0.39 is 6.10 Å². The lowest BCUT2D eigenvalue weighted by Crippen LogP contribution is -2.01. The van der Waals surface area contributed by atoms with Gasteiger partial charge in [-0.25, -0.2) is 0 Å². The van der Waals surface area contributed by atoms with Crippen LogP contribution in [0.15, 0.2) is 28.7 Å². The molecule has 0 spiro atoms. The third-order valence-corrected chi connectivity index (χ3v) is 4.92. The number of hydrogen-bond donors (Lipinski definition) is 1. The summed E-state index contributed by atoms with van der Waals surface area (Å²) in [6, 6.07) is 7.91. The Morgan fingerprint density at radius 1 is 1.32 bits per heavy atom. The molecule has 1 aromatic carbocycles. The number of aliphatic hydroxyl groups is 1. The predicted octanol–water partition coefficient (Wildman–Crippen LogP) is 4.41. The average Bonchev–Trinajstić information content (AvgIpc) is 2.70. The van der Waals surface area contributed by atoms with E-state index in [9.17, 15) is 5.11 Å². The number of ether oxygens (including phenoxy) is 1. The monoisotopic (exact) mass is 340 g/mol. The third-order valence-electron chi connectivity index (χ3n) is 3.17.